The lowest BCUT2D eigenvalue weighted by Crippen LogP contribution is -2.54. The predicted octanol–water partition coefficient (Wildman–Crippen LogP) is -1.66. The van der Waals surface area contributed by atoms with Gasteiger partial charge in [-0.15, -0.1) is 0 Å². The second-order valence-electron chi connectivity index (χ2n) is 4.09. The summed E-state index contributed by atoms with van der Waals surface area (Å²) in [6, 6.07) is 0. The lowest BCUT2D eigenvalue weighted by Gasteiger charge is -2.33. The Morgan fingerprint density at radius 1 is 1.40 bits per heavy atom. The maximum absolute atomic E-state index is 11.9. The van der Waals surface area contributed by atoms with Crippen molar-refractivity contribution in [3.63, 3.8) is 0 Å². The Balaban J connectivity index is 2.49. The first-order valence-electron chi connectivity index (χ1n) is 6.02. The van der Waals surface area contributed by atoms with Gasteiger partial charge in [-0.3, -0.25) is 4.90 Å². The molecule has 0 aromatic carbocycles. The summed E-state index contributed by atoms with van der Waals surface area (Å²) in [5, 5.41) is 11.3. The summed E-state index contributed by atoms with van der Waals surface area (Å²) in [6.45, 7) is 3.17. The van der Waals surface area contributed by atoms with Crippen LogP contribution in [0.15, 0.2) is 5.16 Å². The molecule has 1 aliphatic rings. The van der Waals surface area contributed by atoms with E-state index in [2.05, 4.69) is 9.89 Å². The molecule has 0 bridgehead atoms. The largest absolute Gasteiger partial charge is 0.449 e. The SMILES string of the molecule is CCOC(=O)NS(=O)(=O)N1CCN(CC(N)=NO)CC1. The van der Waals surface area contributed by atoms with E-state index < -0.39 is 16.3 Å². The van der Waals surface area contributed by atoms with E-state index in [9.17, 15) is 13.2 Å². The number of amidine groups is 1. The second-order valence-corrected chi connectivity index (χ2v) is 5.76. The standard InChI is InChI=1S/C9H19N5O5S/c1-2-19-9(15)12-20(17,18)14-5-3-13(4-6-14)7-8(10)11-16/h16H,2-7H2,1H3,(H2,10,11)(H,12,15). The van der Waals surface area contributed by atoms with Crippen molar-refractivity contribution in [2.75, 3.05) is 39.3 Å². The van der Waals surface area contributed by atoms with Gasteiger partial charge in [0.25, 0.3) is 0 Å². The number of carbonyl (C=O) groups is 1. The fourth-order valence-corrected chi connectivity index (χ4v) is 2.76. The minimum atomic E-state index is -3.89. The van der Waals surface area contributed by atoms with Gasteiger partial charge in [0.2, 0.25) is 0 Å². The van der Waals surface area contributed by atoms with Crippen LogP contribution in [-0.4, -0.2) is 74.1 Å². The average molecular weight is 309 g/mol. The highest BCUT2D eigenvalue weighted by Gasteiger charge is 2.28. The summed E-state index contributed by atoms with van der Waals surface area (Å²) in [5.41, 5.74) is 5.38. The Hall–Kier alpha value is -1.59. The maximum Gasteiger partial charge on any atom is 0.421 e. The lowest BCUT2D eigenvalue weighted by molar-refractivity contribution is 0.156. The molecule has 0 unspecified atom stereocenters. The van der Waals surface area contributed by atoms with Crippen LogP contribution in [0.2, 0.25) is 0 Å². The predicted molar refractivity (Wildman–Crippen MR) is 70.5 cm³/mol. The number of ether oxygens (including phenoxy) is 1. The number of carbonyl (C=O) groups excluding carboxylic acids is 1. The molecule has 1 amide bonds. The highest BCUT2D eigenvalue weighted by atomic mass is 32.2. The molecular formula is C9H19N5O5S. The van der Waals surface area contributed by atoms with Crippen molar-refractivity contribution < 1.29 is 23.2 Å². The van der Waals surface area contributed by atoms with Gasteiger partial charge in [-0.2, -0.15) is 12.7 Å². The first-order chi connectivity index (χ1) is 9.39. The van der Waals surface area contributed by atoms with Crippen LogP contribution in [0.1, 0.15) is 6.92 Å². The smallest absolute Gasteiger partial charge is 0.421 e. The highest BCUT2D eigenvalue weighted by molar-refractivity contribution is 7.87. The molecule has 0 aromatic heterocycles. The number of nitrogens with one attached hydrogen (secondary N) is 1. The van der Waals surface area contributed by atoms with Gasteiger partial charge in [0.05, 0.1) is 13.2 Å². The zero-order valence-electron chi connectivity index (χ0n) is 11.2. The Labute approximate surface area is 117 Å². The van der Waals surface area contributed by atoms with E-state index in [1.54, 1.807) is 6.92 Å². The van der Waals surface area contributed by atoms with Crippen LogP contribution >= 0.6 is 0 Å². The highest BCUT2D eigenvalue weighted by Crippen LogP contribution is 2.06. The second kappa shape index (κ2) is 7.26. The summed E-state index contributed by atoms with van der Waals surface area (Å²) in [4.78, 5) is 13.0. The van der Waals surface area contributed by atoms with Gasteiger partial charge in [0.15, 0.2) is 5.84 Å². The molecule has 0 saturated carbocycles. The Morgan fingerprint density at radius 3 is 2.50 bits per heavy atom. The number of oxime groups is 1. The monoisotopic (exact) mass is 309 g/mol. The molecule has 116 valence electrons. The molecule has 4 N–H and O–H groups in total. The van der Waals surface area contributed by atoms with Gasteiger partial charge < -0.3 is 15.7 Å². The van der Waals surface area contributed by atoms with E-state index in [1.165, 1.54) is 0 Å². The topological polar surface area (TPSA) is 138 Å². The molecule has 0 radical (unpaired) electrons. The van der Waals surface area contributed by atoms with Crippen LogP contribution in [0.3, 0.4) is 0 Å². The fourth-order valence-electron chi connectivity index (χ4n) is 1.72. The van der Waals surface area contributed by atoms with Crippen LogP contribution in [0, 0.1) is 0 Å². The molecular weight excluding hydrogens is 290 g/mol. The Bertz CT molecular complexity index is 457. The summed E-state index contributed by atoms with van der Waals surface area (Å²) >= 11 is 0. The van der Waals surface area contributed by atoms with Gasteiger partial charge in [0, 0.05) is 26.2 Å². The van der Waals surface area contributed by atoms with Crippen molar-refractivity contribution >= 4 is 22.1 Å². The third-order valence-corrected chi connectivity index (χ3v) is 4.14. The molecule has 1 fully saturated rings. The first-order valence-corrected chi connectivity index (χ1v) is 7.46. The fraction of sp³-hybridized carbons (Fsp3) is 0.778. The Kier molecular flexibility index (Phi) is 5.98. The third-order valence-electron chi connectivity index (χ3n) is 2.67. The average Bonchev–Trinajstić information content (AvgIpc) is 2.38. The minimum absolute atomic E-state index is 0.0611. The van der Waals surface area contributed by atoms with E-state index in [-0.39, 0.29) is 32.1 Å². The lowest BCUT2D eigenvalue weighted by atomic mass is 10.3. The normalized spacial score (nSPS) is 18.8. The molecule has 0 spiro atoms. The number of piperazine rings is 1. The van der Waals surface area contributed by atoms with Crippen molar-refractivity contribution in [2.24, 2.45) is 10.9 Å². The summed E-state index contributed by atoms with van der Waals surface area (Å²) in [6.07, 6.45) is -0.994. The zero-order chi connectivity index (χ0) is 15.2. The molecule has 1 heterocycles. The molecule has 11 heteroatoms. The number of amides is 1. The summed E-state index contributed by atoms with van der Waals surface area (Å²) in [5.74, 6) is 0.0611. The minimum Gasteiger partial charge on any atom is -0.449 e. The van der Waals surface area contributed by atoms with Gasteiger partial charge in [0.1, 0.15) is 0 Å². The number of rotatable bonds is 5. The van der Waals surface area contributed by atoms with Gasteiger partial charge >= 0.3 is 16.3 Å². The maximum atomic E-state index is 11.9. The Morgan fingerprint density at radius 2 is 2.00 bits per heavy atom. The van der Waals surface area contributed by atoms with Crippen molar-refractivity contribution in [1.29, 1.82) is 0 Å². The van der Waals surface area contributed by atoms with Gasteiger partial charge in [-0.25, -0.2) is 9.52 Å². The third kappa shape index (κ3) is 4.83. The van der Waals surface area contributed by atoms with Crippen LogP contribution in [-0.2, 0) is 14.9 Å². The molecule has 0 atom stereocenters. The van der Waals surface area contributed by atoms with Gasteiger partial charge in [-0.05, 0) is 6.92 Å². The van der Waals surface area contributed by atoms with Gasteiger partial charge in [-0.1, -0.05) is 5.16 Å². The molecule has 0 aromatic rings. The zero-order valence-corrected chi connectivity index (χ0v) is 12.0. The van der Waals surface area contributed by atoms with E-state index in [0.29, 0.717) is 13.1 Å². The number of hydrogen-bond acceptors (Lipinski definition) is 7. The summed E-state index contributed by atoms with van der Waals surface area (Å²) < 4.78 is 31.2. The quantitative estimate of drug-likeness (QED) is 0.239. The van der Waals surface area contributed by atoms with E-state index in [1.807, 2.05) is 9.62 Å². The van der Waals surface area contributed by atoms with Crippen molar-refractivity contribution in [3.05, 3.63) is 0 Å². The van der Waals surface area contributed by atoms with E-state index in [4.69, 9.17) is 10.9 Å². The van der Waals surface area contributed by atoms with E-state index >= 15 is 0 Å². The molecule has 20 heavy (non-hydrogen) atoms. The van der Waals surface area contributed by atoms with E-state index in [0.717, 1.165) is 4.31 Å². The molecule has 10 nitrogen and oxygen atoms in total. The first kappa shape index (κ1) is 16.5. The van der Waals surface area contributed by atoms with Crippen LogP contribution in [0.5, 0.6) is 0 Å². The molecule has 1 aliphatic heterocycles. The van der Waals surface area contributed by atoms with Crippen molar-refractivity contribution in [1.82, 2.24) is 13.9 Å². The van der Waals surface area contributed by atoms with Crippen LogP contribution in [0.25, 0.3) is 0 Å². The molecule has 1 rings (SSSR count). The summed E-state index contributed by atoms with van der Waals surface area (Å²) in [7, 11) is -3.89. The number of nitrogens with zero attached hydrogens (tertiary/aromatic N) is 3. The molecule has 1 saturated heterocycles. The number of hydrogen-bond donors (Lipinski definition) is 3. The van der Waals surface area contributed by atoms with Crippen molar-refractivity contribution in [2.45, 2.75) is 6.92 Å². The van der Waals surface area contributed by atoms with Crippen LogP contribution in [0.4, 0.5) is 4.79 Å². The number of nitrogens with two attached hydrogens (primary N) is 1. The van der Waals surface area contributed by atoms with Crippen molar-refractivity contribution in [3.8, 4) is 0 Å². The van der Waals surface area contributed by atoms with Crippen LogP contribution < -0.4 is 10.5 Å². The molecule has 0 aliphatic carbocycles.